The molecule has 0 spiro atoms. The highest BCUT2D eigenvalue weighted by Crippen LogP contribution is 2.11. The molecule has 0 atom stereocenters. The summed E-state index contributed by atoms with van der Waals surface area (Å²) in [4.78, 5) is 13.0. The molecule has 2 aromatic rings. The Kier molecular flexibility index (Phi) is 1.70. The van der Waals surface area contributed by atoms with Gasteiger partial charge in [0.05, 0.1) is 6.07 Å². The summed E-state index contributed by atoms with van der Waals surface area (Å²) in [5, 5.41) is 11.1. The van der Waals surface area contributed by atoms with E-state index in [0.29, 0.717) is 6.20 Å². The van der Waals surface area contributed by atoms with Gasteiger partial charge in [0, 0.05) is 6.07 Å². The van der Waals surface area contributed by atoms with Gasteiger partial charge in [0.25, 0.3) is 0 Å². The van der Waals surface area contributed by atoms with Crippen LogP contribution < -0.4 is 10.3 Å². The summed E-state index contributed by atoms with van der Waals surface area (Å²) in [6.45, 7) is 0. The highest BCUT2D eigenvalue weighted by molar-refractivity contribution is 5.70. The number of aromatic amines is 1. The van der Waals surface area contributed by atoms with E-state index >= 15 is 0 Å². The minimum atomic E-state index is -1.13. The van der Waals surface area contributed by atoms with Gasteiger partial charge in [-0.1, -0.05) is 0 Å². The summed E-state index contributed by atoms with van der Waals surface area (Å²) in [5.41, 5.74) is -0.826. The topological polar surface area (TPSA) is 59.8 Å². The Labute approximate surface area is 76.0 Å². The van der Waals surface area contributed by atoms with Gasteiger partial charge in [0.1, 0.15) is 5.52 Å². The molecule has 6 heteroatoms. The minimum Gasteiger partial charge on any atom is -0.618 e. The molecule has 0 radical (unpaired) electrons. The van der Waals surface area contributed by atoms with Crippen molar-refractivity contribution < 1.29 is 13.5 Å². The fourth-order valence-corrected chi connectivity index (χ4v) is 1.16. The fraction of sp³-hybridized carbons (Fsp3) is 0. The molecule has 2 rings (SSSR count). The number of rotatable bonds is 0. The van der Waals surface area contributed by atoms with Crippen molar-refractivity contribution in [2.24, 2.45) is 0 Å². The molecular formula is C8H4F2N2O2. The van der Waals surface area contributed by atoms with E-state index < -0.39 is 17.2 Å². The number of hydrogen-bond donors (Lipinski definition) is 1. The quantitative estimate of drug-likeness (QED) is 0.493. The summed E-state index contributed by atoms with van der Waals surface area (Å²) < 4.78 is 25.6. The molecule has 4 nitrogen and oxygen atoms in total. The first-order chi connectivity index (χ1) is 6.58. The largest absolute Gasteiger partial charge is 0.618 e. The number of halogens is 2. The van der Waals surface area contributed by atoms with Crippen LogP contribution in [0.1, 0.15) is 0 Å². The Morgan fingerprint density at radius 2 is 1.93 bits per heavy atom. The Bertz CT molecular complexity index is 565. The van der Waals surface area contributed by atoms with Crippen molar-refractivity contribution in [2.75, 3.05) is 0 Å². The fourth-order valence-electron chi connectivity index (χ4n) is 1.16. The van der Waals surface area contributed by atoms with Gasteiger partial charge in [-0.05, 0) is 0 Å². The molecule has 0 aliphatic rings. The third kappa shape index (κ3) is 1.20. The van der Waals surface area contributed by atoms with E-state index in [1.807, 2.05) is 0 Å². The van der Waals surface area contributed by atoms with E-state index in [2.05, 4.69) is 4.98 Å². The second-order valence-electron chi connectivity index (χ2n) is 2.73. The van der Waals surface area contributed by atoms with Crippen LogP contribution in [-0.2, 0) is 0 Å². The minimum absolute atomic E-state index is 0.0357. The van der Waals surface area contributed by atoms with Crippen molar-refractivity contribution in [3.05, 3.63) is 45.5 Å². The first-order valence-electron chi connectivity index (χ1n) is 3.69. The van der Waals surface area contributed by atoms with Crippen molar-refractivity contribution in [1.82, 2.24) is 4.98 Å². The van der Waals surface area contributed by atoms with E-state index in [4.69, 9.17) is 0 Å². The second-order valence-corrected chi connectivity index (χ2v) is 2.73. The lowest BCUT2D eigenvalue weighted by Crippen LogP contribution is -2.32. The highest BCUT2D eigenvalue weighted by atomic mass is 19.2. The van der Waals surface area contributed by atoms with Crippen LogP contribution in [0.15, 0.2) is 23.1 Å². The highest BCUT2D eigenvalue weighted by Gasteiger charge is 2.11. The van der Waals surface area contributed by atoms with Crippen LogP contribution in [0.2, 0.25) is 0 Å². The molecule has 0 bridgehead atoms. The predicted molar refractivity (Wildman–Crippen MR) is 43.4 cm³/mol. The van der Waals surface area contributed by atoms with Crippen molar-refractivity contribution in [1.29, 1.82) is 0 Å². The number of hydrogen-bond acceptors (Lipinski definition) is 2. The van der Waals surface area contributed by atoms with Gasteiger partial charge in [-0.3, -0.25) is 4.79 Å². The molecule has 1 N–H and O–H groups in total. The van der Waals surface area contributed by atoms with E-state index in [0.717, 1.165) is 12.1 Å². The number of nitrogens with one attached hydrogen (secondary N) is 1. The SMILES string of the molecule is O=c1c[n+]([O-])c2cc(F)c(F)cc2[nH]1. The summed E-state index contributed by atoms with van der Waals surface area (Å²) >= 11 is 0. The molecule has 1 heterocycles. The molecule has 1 aromatic carbocycles. The Balaban J connectivity index is 2.96. The summed E-state index contributed by atoms with van der Waals surface area (Å²) in [6, 6.07) is 1.49. The Hall–Kier alpha value is -1.98. The molecule has 0 aliphatic carbocycles. The lowest BCUT2D eigenvalue weighted by atomic mass is 10.3. The molecule has 14 heavy (non-hydrogen) atoms. The van der Waals surface area contributed by atoms with Gasteiger partial charge in [0.2, 0.25) is 11.7 Å². The molecule has 0 unspecified atom stereocenters. The van der Waals surface area contributed by atoms with Crippen LogP contribution in [0.4, 0.5) is 8.78 Å². The first-order valence-corrected chi connectivity index (χ1v) is 3.69. The number of nitrogens with zero attached hydrogens (tertiary/aromatic N) is 1. The first kappa shape index (κ1) is 8.61. The monoisotopic (exact) mass is 198 g/mol. The zero-order chi connectivity index (χ0) is 10.3. The average molecular weight is 198 g/mol. The van der Waals surface area contributed by atoms with Crippen LogP contribution in [0.3, 0.4) is 0 Å². The van der Waals surface area contributed by atoms with E-state index in [-0.39, 0.29) is 15.8 Å². The predicted octanol–water partition coefficient (Wildman–Crippen LogP) is 0.440. The van der Waals surface area contributed by atoms with E-state index in [1.165, 1.54) is 0 Å². The Morgan fingerprint density at radius 1 is 1.29 bits per heavy atom. The van der Waals surface area contributed by atoms with Crippen LogP contribution in [0.5, 0.6) is 0 Å². The molecule has 0 saturated heterocycles. The molecule has 0 saturated carbocycles. The number of fused-ring (bicyclic) bond motifs is 1. The smallest absolute Gasteiger partial charge is 0.314 e. The van der Waals surface area contributed by atoms with Crippen molar-refractivity contribution in [2.45, 2.75) is 0 Å². The van der Waals surface area contributed by atoms with Gasteiger partial charge in [-0.25, -0.2) is 8.78 Å². The lowest BCUT2D eigenvalue weighted by Gasteiger charge is -2.00. The van der Waals surface area contributed by atoms with Gasteiger partial charge < -0.3 is 10.2 Å². The molecule has 0 fully saturated rings. The molecule has 0 aliphatic heterocycles. The maximum Gasteiger partial charge on any atom is 0.314 e. The van der Waals surface area contributed by atoms with Crippen LogP contribution in [0, 0.1) is 16.8 Å². The maximum atomic E-state index is 12.7. The maximum absolute atomic E-state index is 12.7. The van der Waals surface area contributed by atoms with Crippen LogP contribution in [-0.4, -0.2) is 4.98 Å². The third-order valence-corrected chi connectivity index (χ3v) is 1.77. The summed E-state index contributed by atoms with van der Waals surface area (Å²) in [5.74, 6) is -2.24. The third-order valence-electron chi connectivity index (χ3n) is 1.77. The standard InChI is InChI=1S/C8H4F2N2O2/c9-4-1-6-7(2-5(4)10)12(14)3-8(13)11-6/h1-3H,(H,11,13). The van der Waals surface area contributed by atoms with Gasteiger partial charge in [-0.15, -0.1) is 0 Å². The number of benzene rings is 1. The molecule has 72 valence electrons. The van der Waals surface area contributed by atoms with Crippen LogP contribution >= 0.6 is 0 Å². The van der Waals surface area contributed by atoms with Crippen molar-refractivity contribution in [3.8, 4) is 0 Å². The van der Waals surface area contributed by atoms with E-state index in [9.17, 15) is 18.8 Å². The lowest BCUT2D eigenvalue weighted by molar-refractivity contribution is -0.578. The van der Waals surface area contributed by atoms with Crippen molar-refractivity contribution in [3.63, 3.8) is 0 Å². The van der Waals surface area contributed by atoms with Gasteiger partial charge in [0.15, 0.2) is 11.6 Å². The zero-order valence-electron chi connectivity index (χ0n) is 6.75. The van der Waals surface area contributed by atoms with Crippen molar-refractivity contribution >= 4 is 11.0 Å². The van der Waals surface area contributed by atoms with Gasteiger partial charge in [-0.2, -0.15) is 4.73 Å². The Morgan fingerprint density at radius 3 is 2.64 bits per heavy atom. The van der Waals surface area contributed by atoms with Crippen LogP contribution in [0.25, 0.3) is 11.0 Å². The van der Waals surface area contributed by atoms with E-state index in [1.54, 1.807) is 0 Å². The molecule has 1 aromatic heterocycles. The number of aromatic nitrogens is 2. The summed E-state index contributed by atoms with van der Waals surface area (Å²) in [6.07, 6.45) is 0.708. The zero-order valence-corrected chi connectivity index (χ0v) is 6.75. The molecule has 0 amide bonds. The van der Waals surface area contributed by atoms with Gasteiger partial charge >= 0.3 is 5.56 Å². The summed E-state index contributed by atoms with van der Waals surface area (Å²) in [7, 11) is 0. The number of H-pyrrole nitrogens is 1. The molecular weight excluding hydrogens is 194 g/mol. The average Bonchev–Trinajstić information content (AvgIpc) is 2.08. The normalized spacial score (nSPS) is 10.7. The second kappa shape index (κ2) is 2.76.